The van der Waals surface area contributed by atoms with Crippen LogP contribution in [0.25, 0.3) is 0 Å². The van der Waals surface area contributed by atoms with E-state index in [4.69, 9.17) is 10.5 Å². The zero-order valence-corrected chi connectivity index (χ0v) is 12.0. The second-order valence-electron chi connectivity index (χ2n) is 5.15. The van der Waals surface area contributed by atoms with E-state index in [1.165, 1.54) is 13.4 Å². The first-order chi connectivity index (χ1) is 8.18. The predicted molar refractivity (Wildman–Crippen MR) is 68.9 cm³/mol. The van der Waals surface area contributed by atoms with Crippen molar-refractivity contribution in [1.29, 1.82) is 0 Å². The molecule has 0 amide bonds. The van der Waals surface area contributed by atoms with Crippen molar-refractivity contribution in [3.8, 4) is 0 Å². The highest BCUT2D eigenvalue weighted by Crippen LogP contribution is 2.31. The third kappa shape index (κ3) is 3.93. The van der Waals surface area contributed by atoms with E-state index in [1.54, 1.807) is 0 Å². The molecule has 1 fully saturated rings. The lowest BCUT2D eigenvalue weighted by molar-refractivity contribution is -0.146. The summed E-state index contributed by atoms with van der Waals surface area (Å²) < 4.78 is 26.9. The number of hydrogen-bond acceptors (Lipinski definition) is 6. The molecule has 0 aromatic rings. The molecule has 6 nitrogen and oxygen atoms in total. The monoisotopic (exact) mass is 278 g/mol. The Labute approximate surface area is 108 Å². The van der Waals surface area contributed by atoms with Crippen molar-refractivity contribution in [1.82, 2.24) is 4.90 Å². The van der Waals surface area contributed by atoms with E-state index in [-0.39, 0.29) is 17.8 Å². The summed E-state index contributed by atoms with van der Waals surface area (Å²) in [5.74, 6) is -0.267. The van der Waals surface area contributed by atoms with Gasteiger partial charge < -0.3 is 15.4 Å². The van der Waals surface area contributed by atoms with Gasteiger partial charge in [0.1, 0.15) is 15.4 Å². The number of carbonyl (C=O) groups excluding carboxylic acids is 1. The van der Waals surface area contributed by atoms with Crippen LogP contribution >= 0.6 is 0 Å². The molecular weight excluding hydrogens is 256 g/mol. The third-order valence-corrected chi connectivity index (χ3v) is 4.48. The molecule has 7 heteroatoms. The molecular formula is C11H22N2O4S. The quantitative estimate of drug-likeness (QED) is 0.675. The third-order valence-electron chi connectivity index (χ3n) is 3.55. The van der Waals surface area contributed by atoms with Crippen molar-refractivity contribution < 1.29 is 17.9 Å². The fraction of sp³-hybridized carbons (Fsp3) is 0.909. The number of nitrogens with zero attached hydrogens (tertiary/aromatic N) is 1. The summed E-state index contributed by atoms with van der Waals surface area (Å²) >= 11 is 0. The summed E-state index contributed by atoms with van der Waals surface area (Å²) in [7, 11) is 0.228. The maximum atomic E-state index is 11.6. The smallest absolute Gasteiger partial charge is 0.325 e. The molecule has 2 N–H and O–H groups in total. The first kappa shape index (κ1) is 15.4. The Morgan fingerprint density at radius 1 is 1.56 bits per heavy atom. The summed E-state index contributed by atoms with van der Waals surface area (Å²) in [6.07, 6.45) is 3.09. The van der Waals surface area contributed by atoms with Gasteiger partial charge in [0.15, 0.2) is 0 Å². The first-order valence-corrected chi connectivity index (χ1v) is 7.99. The molecule has 0 heterocycles. The number of hydrogen-bond donors (Lipinski definition) is 1. The highest BCUT2D eigenvalue weighted by atomic mass is 32.2. The average Bonchev–Trinajstić information content (AvgIpc) is 2.68. The van der Waals surface area contributed by atoms with Crippen LogP contribution < -0.4 is 5.73 Å². The van der Waals surface area contributed by atoms with Crippen LogP contribution in [-0.2, 0) is 19.4 Å². The van der Waals surface area contributed by atoms with Crippen molar-refractivity contribution in [3.05, 3.63) is 0 Å². The highest BCUT2D eigenvalue weighted by molar-refractivity contribution is 7.90. The lowest BCUT2D eigenvalue weighted by Gasteiger charge is -2.26. The molecule has 0 aromatic heterocycles. The Balaban J connectivity index is 2.53. The van der Waals surface area contributed by atoms with Gasteiger partial charge in [-0.2, -0.15) is 0 Å². The van der Waals surface area contributed by atoms with Gasteiger partial charge in [-0.3, -0.25) is 4.79 Å². The standard InChI is InChI=1S/C11H22N2O4S/c1-13(6-7-18(3,15)16)9-4-5-11(12,8-9)10(14)17-2/h9H,4-8,12H2,1-3H3. The molecule has 0 spiro atoms. The Morgan fingerprint density at radius 2 is 2.17 bits per heavy atom. The SMILES string of the molecule is COC(=O)C1(N)CCC(N(C)CCS(C)(=O)=O)C1. The maximum Gasteiger partial charge on any atom is 0.325 e. The van der Waals surface area contributed by atoms with Gasteiger partial charge in [0.25, 0.3) is 0 Å². The largest absolute Gasteiger partial charge is 0.468 e. The average molecular weight is 278 g/mol. The lowest BCUT2D eigenvalue weighted by Crippen LogP contribution is -2.48. The van der Waals surface area contributed by atoms with E-state index in [2.05, 4.69) is 0 Å². The first-order valence-electron chi connectivity index (χ1n) is 5.93. The van der Waals surface area contributed by atoms with Crippen LogP contribution in [0.2, 0.25) is 0 Å². The van der Waals surface area contributed by atoms with Gasteiger partial charge in [-0.15, -0.1) is 0 Å². The molecule has 2 atom stereocenters. The van der Waals surface area contributed by atoms with Crippen molar-refractivity contribution >= 4 is 15.8 Å². The van der Waals surface area contributed by atoms with E-state index in [1.807, 2.05) is 11.9 Å². The maximum absolute atomic E-state index is 11.6. The van der Waals surface area contributed by atoms with Crippen LogP contribution in [0.1, 0.15) is 19.3 Å². The van der Waals surface area contributed by atoms with Crippen molar-refractivity contribution in [2.75, 3.05) is 32.7 Å². The number of sulfone groups is 1. The van der Waals surface area contributed by atoms with Gasteiger partial charge in [0.2, 0.25) is 0 Å². The van der Waals surface area contributed by atoms with Crippen LogP contribution in [-0.4, -0.2) is 63.6 Å². The molecule has 106 valence electrons. The molecule has 0 saturated heterocycles. The van der Waals surface area contributed by atoms with Crippen molar-refractivity contribution in [2.24, 2.45) is 5.73 Å². The molecule has 0 aliphatic heterocycles. The zero-order chi connectivity index (χ0) is 14.0. The van der Waals surface area contributed by atoms with Crippen LogP contribution in [0.4, 0.5) is 0 Å². The van der Waals surface area contributed by atoms with Gasteiger partial charge in [-0.05, 0) is 26.3 Å². The number of esters is 1. The Bertz CT molecular complexity index is 409. The van der Waals surface area contributed by atoms with Gasteiger partial charge in [-0.25, -0.2) is 8.42 Å². The van der Waals surface area contributed by atoms with Crippen LogP contribution in [0.5, 0.6) is 0 Å². The minimum absolute atomic E-state index is 0.121. The van der Waals surface area contributed by atoms with Crippen LogP contribution in [0, 0.1) is 0 Å². The van der Waals surface area contributed by atoms with Gasteiger partial charge >= 0.3 is 5.97 Å². The minimum atomic E-state index is -2.96. The Morgan fingerprint density at radius 3 is 2.67 bits per heavy atom. The zero-order valence-electron chi connectivity index (χ0n) is 11.2. The molecule has 18 heavy (non-hydrogen) atoms. The lowest BCUT2D eigenvalue weighted by atomic mass is 9.99. The normalized spacial score (nSPS) is 28.6. The Kier molecular flexibility index (Phi) is 4.74. The molecule has 0 radical (unpaired) electrons. The molecule has 1 aliphatic carbocycles. The number of methoxy groups -OCH3 is 1. The summed E-state index contributed by atoms with van der Waals surface area (Å²) in [5, 5.41) is 0. The van der Waals surface area contributed by atoms with E-state index in [0.717, 1.165) is 6.42 Å². The molecule has 1 aliphatic rings. The second-order valence-corrected chi connectivity index (χ2v) is 7.41. The number of carbonyl (C=O) groups is 1. The van der Waals surface area contributed by atoms with E-state index >= 15 is 0 Å². The van der Waals surface area contributed by atoms with E-state index in [9.17, 15) is 13.2 Å². The van der Waals surface area contributed by atoms with Crippen LogP contribution in [0.3, 0.4) is 0 Å². The molecule has 1 rings (SSSR count). The van der Waals surface area contributed by atoms with E-state index < -0.39 is 15.4 Å². The predicted octanol–water partition coefficient (Wildman–Crippen LogP) is -0.614. The van der Waals surface area contributed by atoms with Crippen molar-refractivity contribution in [2.45, 2.75) is 30.8 Å². The van der Waals surface area contributed by atoms with E-state index in [0.29, 0.717) is 19.4 Å². The van der Waals surface area contributed by atoms with Gasteiger partial charge in [-0.1, -0.05) is 0 Å². The highest BCUT2D eigenvalue weighted by Gasteiger charge is 2.44. The summed E-state index contributed by atoms with van der Waals surface area (Å²) in [6.45, 7) is 0.459. The number of ether oxygens (including phenoxy) is 1. The molecule has 0 bridgehead atoms. The summed E-state index contributed by atoms with van der Waals surface area (Å²) in [5.41, 5.74) is 5.09. The fourth-order valence-electron chi connectivity index (χ4n) is 2.31. The van der Waals surface area contributed by atoms with Crippen LogP contribution in [0.15, 0.2) is 0 Å². The van der Waals surface area contributed by atoms with Crippen molar-refractivity contribution in [3.63, 3.8) is 0 Å². The molecule has 2 unspecified atom stereocenters. The minimum Gasteiger partial charge on any atom is -0.468 e. The second kappa shape index (κ2) is 5.54. The topological polar surface area (TPSA) is 89.7 Å². The van der Waals surface area contributed by atoms with Gasteiger partial charge in [0.05, 0.1) is 12.9 Å². The number of rotatable bonds is 5. The van der Waals surface area contributed by atoms with Gasteiger partial charge in [0, 0.05) is 18.8 Å². The number of nitrogens with two attached hydrogens (primary N) is 1. The summed E-state index contributed by atoms with van der Waals surface area (Å²) in [6, 6.07) is 0.135. The Hall–Kier alpha value is -0.660. The fourth-order valence-corrected chi connectivity index (χ4v) is 2.93. The molecule has 1 saturated carbocycles. The summed E-state index contributed by atoms with van der Waals surface area (Å²) in [4.78, 5) is 13.5. The molecule has 0 aromatic carbocycles.